The smallest absolute Gasteiger partial charge is 0.346 e. The lowest BCUT2D eigenvalue weighted by Gasteiger charge is -2.22. The Balaban J connectivity index is 1.80. The number of benzene rings is 1. The maximum absolute atomic E-state index is 12.5. The van der Waals surface area contributed by atoms with Gasteiger partial charge in [-0.15, -0.1) is 0 Å². The summed E-state index contributed by atoms with van der Waals surface area (Å²) >= 11 is 0. The van der Waals surface area contributed by atoms with E-state index in [1.807, 2.05) is 0 Å². The van der Waals surface area contributed by atoms with Gasteiger partial charge in [-0.2, -0.15) is 0 Å². The van der Waals surface area contributed by atoms with E-state index in [1.54, 1.807) is 32.4 Å². The van der Waals surface area contributed by atoms with E-state index in [4.69, 9.17) is 14.2 Å². The zero-order valence-corrected chi connectivity index (χ0v) is 11.9. The Kier molecular flexibility index (Phi) is 3.55. The summed E-state index contributed by atoms with van der Waals surface area (Å²) < 4.78 is 16.2. The van der Waals surface area contributed by atoms with Gasteiger partial charge in [-0.25, -0.2) is 4.79 Å². The summed E-state index contributed by atoms with van der Waals surface area (Å²) in [5, 5.41) is 0. The SMILES string of the molecule is COc1cccc(OC)c1C(=O)OC1CC2CCC1C2. The third kappa shape index (κ3) is 2.23. The molecule has 2 saturated carbocycles. The molecule has 0 amide bonds. The van der Waals surface area contributed by atoms with Gasteiger partial charge in [-0.1, -0.05) is 6.07 Å². The van der Waals surface area contributed by atoms with Crippen molar-refractivity contribution in [1.29, 1.82) is 0 Å². The highest BCUT2D eigenvalue weighted by molar-refractivity contribution is 5.95. The molecule has 3 rings (SSSR count). The summed E-state index contributed by atoms with van der Waals surface area (Å²) in [6, 6.07) is 5.30. The molecule has 0 aromatic heterocycles. The van der Waals surface area contributed by atoms with Crippen molar-refractivity contribution < 1.29 is 19.0 Å². The average Bonchev–Trinajstić information content (AvgIpc) is 3.08. The molecule has 4 nitrogen and oxygen atoms in total. The van der Waals surface area contributed by atoms with Gasteiger partial charge in [-0.05, 0) is 49.7 Å². The fourth-order valence-corrected chi connectivity index (χ4v) is 3.58. The van der Waals surface area contributed by atoms with Gasteiger partial charge in [0.05, 0.1) is 14.2 Å². The van der Waals surface area contributed by atoms with Crippen LogP contribution in [0.5, 0.6) is 11.5 Å². The number of methoxy groups -OCH3 is 2. The predicted molar refractivity (Wildman–Crippen MR) is 74.2 cm³/mol. The molecule has 4 heteroatoms. The molecule has 0 aliphatic heterocycles. The lowest BCUT2D eigenvalue weighted by molar-refractivity contribution is 0.0152. The number of esters is 1. The van der Waals surface area contributed by atoms with Gasteiger partial charge in [0.1, 0.15) is 23.2 Å². The standard InChI is InChI=1S/C16H20O4/c1-18-12-4-3-5-13(19-2)15(12)16(17)20-14-9-10-6-7-11(14)8-10/h3-5,10-11,14H,6-9H2,1-2H3. The lowest BCUT2D eigenvalue weighted by Crippen LogP contribution is -2.24. The molecule has 2 bridgehead atoms. The highest BCUT2D eigenvalue weighted by Gasteiger charge is 2.42. The minimum absolute atomic E-state index is 0.0656. The Morgan fingerprint density at radius 3 is 2.30 bits per heavy atom. The number of ether oxygens (including phenoxy) is 3. The van der Waals surface area contributed by atoms with Gasteiger partial charge >= 0.3 is 5.97 Å². The van der Waals surface area contributed by atoms with Crippen LogP contribution in [0.3, 0.4) is 0 Å². The zero-order chi connectivity index (χ0) is 14.1. The molecule has 1 aromatic carbocycles. The van der Waals surface area contributed by atoms with E-state index < -0.39 is 0 Å². The van der Waals surface area contributed by atoms with Gasteiger partial charge in [0.2, 0.25) is 0 Å². The summed E-state index contributed by atoms with van der Waals surface area (Å²) in [5.74, 6) is 1.95. The normalized spacial score (nSPS) is 27.4. The molecule has 2 aliphatic rings. The van der Waals surface area contributed by atoms with Crippen molar-refractivity contribution in [2.75, 3.05) is 14.2 Å². The molecule has 2 fully saturated rings. The quantitative estimate of drug-likeness (QED) is 0.793. The van der Waals surface area contributed by atoms with E-state index in [0.29, 0.717) is 23.0 Å². The summed E-state index contributed by atoms with van der Waals surface area (Å²) in [5.41, 5.74) is 0.389. The Hall–Kier alpha value is -1.71. The van der Waals surface area contributed by atoms with Crippen molar-refractivity contribution in [3.63, 3.8) is 0 Å². The molecule has 3 unspecified atom stereocenters. The largest absolute Gasteiger partial charge is 0.496 e. The van der Waals surface area contributed by atoms with Crippen molar-refractivity contribution in [2.24, 2.45) is 11.8 Å². The molecule has 0 radical (unpaired) electrons. The number of hydrogen-bond donors (Lipinski definition) is 0. The first-order valence-electron chi connectivity index (χ1n) is 7.15. The van der Waals surface area contributed by atoms with E-state index >= 15 is 0 Å². The fraction of sp³-hybridized carbons (Fsp3) is 0.562. The van der Waals surface area contributed by atoms with Gasteiger partial charge in [-0.3, -0.25) is 0 Å². The number of carbonyl (C=O) groups is 1. The molecule has 0 spiro atoms. The molecule has 0 N–H and O–H groups in total. The summed E-state index contributed by atoms with van der Waals surface area (Å²) in [6.45, 7) is 0. The molecule has 108 valence electrons. The first-order valence-corrected chi connectivity index (χ1v) is 7.15. The van der Waals surface area contributed by atoms with E-state index in [1.165, 1.54) is 19.3 Å². The predicted octanol–water partition coefficient (Wildman–Crippen LogP) is 3.05. The van der Waals surface area contributed by atoms with E-state index in [-0.39, 0.29) is 12.1 Å². The maximum atomic E-state index is 12.5. The molecule has 0 heterocycles. The second kappa shape index (κ2) is 5.35. The highest BCUT2D eigenvalue weighted by Crippen LogP contribution is 2.46. The van der Waals surface area contributed by atoms with Gasteiger partial charge in [0, 0.05) is 0 Å². The molecule has 1 aromatic rings. The minimum atomic E-state index is -0.336. The third-order valence-corrected chi connectivity index (χ3v) is 4.56. The number of carbonyl (C=O) groups excluding carboxylic acids is 1. The monoisotopic (exact) mass is 276 g/mol. The number of rotatable bonds is 4. The zero-order valence-electron chi connectivity index (χ0n) is 11.9. The number of fused-ring (bicyclic) bond motifs is 2. The average molecular weight is 276 g/mol. The van der Waals surface area contributed by atoms with Gasteiger partial charge < -0.3 is 14.2 Å². The second-order valence-electron chi connectivity index (χ2n) is 5.66. The maximum Gasteiger partial charge on any atom is 0.346 e. The summed E-state index contributed by atoms with van der Waals surface area (Å²) in [4.78, 5) is 12.5. The van der Waals surface area contributed by atoms with E-state index in [0.717, 1.165) is 12.3 Å². The second-order valence-corrected chi connectivity index (χ2v) is 5.66. The molecular weight excluding hydrogens is 256 g/mol. The van der Waals surface area contributed by atoms with E-state index in [2.05, 4.69) is 0 Å². The Labute approximate surface area is 119 Å². The highest BCUT2D eigenvalue weighted by atomic mass is 16.5. The van der Waals surface area contributed by atoms with Crippen LogP contribution in [0.1, 0.15) is 36.0 Å². The molecule has 20 heavy (non-hydrogen) atoms. The van der Waals surface area contributed by atoms with Crippen LogP contribution >= 0.6 is 0 Å². The van der Waals surface area contributed by atoms with Crippen LogP contribution in [0.4, 0.5) is 0 Å². The molecular formula is C16H20O4. The molecule has 3 atom stereocenters. The lowest BCUT2D eigenvalue weighted by atomic mass is 9.97. The molecule has 2 aliphatic carbocycles. The topological polar surface area (TPSA) is 44.8 Å². The van der Waals surface area contributed by atoms with Crippen LogP contribution in [-0.4, -0.2) is 26.3 Å². The number of hydrogen-bond acceptors (Lipinski definition) is 4. The van der Waals surface area contributed by atoms with Gasteiger partial charge in [0.25, 0.3) is 0 Å². The van der Waals surface area contributed by atoms with Crippen LogP contribution in [0, 0.1) is 11.8 Å². The van der Waals surface area contributed by atoms with Crippen LogP contribution in [0.25, 0.3) is 0 Å². The van der Waals surface area contributed by atoms with Crippen LogP contribution < -0.4 is 9.47 Å². The fourth-order valence-electron chi connectivity index (χ4n) is 3.58. The summed E-state index contributed by atoms with van der Waals surface area (Å²) in [7, 11) is 3.09. The Morgan fingerprint density at radius 2 is 1.80 bits per heavy atom. The minimum Gasteiger partial charge on any atom is -0.496 e. The van der Waals surface area contributed by atoms with Gasteiger partial charge in [0.15, 0.2) is 0 Å². The van der Waals surface area contributed by atoms with Crippen LogP contribution in [0.2, 0.25) is 0 Å². The van der Waals surface area contributed by atoms with Crippen LogP contribution in [-0.2, 0) is 4.74 Å². The first kappa shape index (κ1) is 13.3. The Morgan fingerprint density at radius 1 is 1.10 bits per heavy atom. The van der Waals surface area contributed by atoms with Crippen molar-refractivity contribution in [1.82, 2.24) is 0 Å². The van der Waals surface area contributed by atoms with Crippen molar-refractivity contribution >= 4 is 5.97 Å². The van der Waals surface area contributed by atoms with Crippen molar-refractivity contribution in [2.45, 2.75) is 31.8 Å². The third-order valence-electron chi connectivity index (χ3n) is 4.56. The van der Waals surface area contributed by atoms with Crippen molar-refractivity contribution in [3.05, 3.63) is 23.8 Å². The van der Waals surface area contributed by atoms with E-state index in [9.17, 15) is 4.79 Å². The van der Waals surface area contributed by atoms with Crippen LogP contribution in [0.15, 0.2) is 18.2 Å². The molecule has 0 saturated heterocycles. The van der Waals surface area contributed by atoms with Crippen molar-refractivity contribution in [3.8, 4) is 11.5 Å². The first-order chi connectivity index (χ1) is 9.72. The summed E-state index contributed by atoms with van der Waals surface area (Å²) in [6.07, 6.45) is 4.76. The Bertz CT molecular complexity index is 489.